The van der Waals surface area contributed by atoms with E-state index in [-0.39, 0.29) is 24.3 Å². The van der Waals surface area contributed by atoms with Crippen molar-refractivity contribution < 1.29 is 19.0 Å². The van der Waals surface area contributed by atoms with Gasteiger partial charge in [-0.2, -0.15) is 5.10 Å². The summed E-state index contributed by atoms with van der Waals surface area (Å²) in [4.78, 5) is 12.2. The number of hydrogen-bond acceptors (Lipinski definition) is 5. The molecule has 0 bridgehead atoms. The van der Waals surface area contributed by atoms with Crippen LogP contribution >= 0.6 is 39.1 Å². The quantitative estimate of drug-likeness (QED) is 0.134. The van der Waals surface area contributed by atoms with Gasteiger partial charge in [0.2, 0.25) is 5.91 Å². The minimum absolute atomic E-state index is 0.0621. The van der Waals surface area contributed by atoms with Crippen LogP contribution in [0.4, 0.5) is 0 Å². The van der Waals surface area contributed by atoms with E-state index >= 15 is 0 Å². The van der Waals surface area contributed by atoms with E-state index in [2.05, 4.69) is 59.4 Å². The largest absolute Gasteiger partial charge is 0.493 e. The number of benzene rings is 3. The highest BCUT2D eigenvalue weighted by molar-refractivity contribution is 9.10. The molecule has 3 aromatic carbocycles. The van der Waals surface area contributed by atoms with Crippen molar-refractivity contribution in [2.75, 3.05) is 13.7 Å². The topological polar surface area (TPSA) is 69.2 Å². The molecule has 0 aromatic heterocycles. The normalized spacial score (nSPS) is 11.4. The van der Waals surface area contributed by atoms with Gasteiger partial charge in [-0.05, 0) is 81.4 Å². The number of amides is 1. The molecule has 6 nitrogen and oxygen atoms in total. The van der Waals surface area contributed by atoms with Crippen molar-refractivity contribution in [2.24, 2.45) is 5.10 Å². The Hall–Kier alpha value is -2.74. The summed E-state index contributed by atoms with van der Waals surface area (Å²) in [5.74, 6) is 1.61. The summed E-state index contributed by atoms with van der Waals surface area (Å²) in [6.45, 7) is 7.11. The number of nitrogens with zero attached hydrogens (tertiary/aromatic N) is 1. The molecule has 0 unspecified atom stereocenters. The maximum atomic E-state index is 12.2. The van der Waals surface area contributed by atoms with E-state index in [4.69, 9.17) is 37.4 Å². The van der Waals surface area contributed by atoms with Gasteiger partial charge < -0.3 is 14.2 Å². The summed E-state index contributed by atoms with van der Waals surface area (Å²) in [5.41, 5.74) is 5.25. The van der Waals surface area contributed by atoms with Crippen molar-refractivity contribution in [2.45, 2.75) is 45.6 Å². The van der Waals surface area contributed by atoms with Crippen LogP contribution in [0.2, 0.25) is 10.0 Å². The lowest BCUT2D eigenvalue weighted by Crippen LogP contribution is -2.18. The predicted molar refractivity (Wildman–Crippen MR) is 157 cm³/mol. The second-order valence-corrected chi connectivity index (χ2v) is 11.2. The standard InChI is InChI=1S/C29H31BrCl2N2O4/c1-29(2,3)20-11-13-25(22(30)16-20)37-14-6-9-28(35)34-33-17-19-10-12-26(27(15-19)36-4)38-18-21-23(31)7-5-8-24(21)32/h5,7-8,10-13,15-17H,6,9,14,18H2,1-4H3,(H,34,35)/b33-17+. The minimum atomic E-state index is -0.199. The van der Waals surface area contributed by atoms with Gasteiger partial charge in [0.1, 0.15) is 12.4 Å². The molecule has 0 saturated carbocycles. The molecule has 0 aliphatic carbocycles. The fourth-order valence-corrected chi connectivity index (χ4v) is 4.44. The lowest BCUT2D eigenvalue weighted by Gasteiger charge is -2.20. The fourth-order valence-electron chi connectivity index (χ4n) is 3.44. The lowest BCUT2D eigenvalue weighted by atomic mass is 9.87. The molecular weight excluding hydrogens is 591 g/mol. The Morgan fingerprint density at radius 3 is 2.37 bits per heavy atom. The number of rotatable bonds is 11. The van der Waals surface area contributed by atoms with Crippen LogP contribution in [0.25, 0.3) is 0 Å². The molecule has 0 fully saturated rings. The average molecular weight is 622 g/mol. The Morgan fingerprint density at radius 2 is 1.71 bits per heavy atom. The van der Waals surface area contributed by atoms with Gasteiger partial charge in [0.05, 0.1) is 24.4 Å². The van der Waals surface area contributed by atoms with Gasteiger partial charge in [-0.15, -0.1) is 0 Å². The summed E-state index contributed by atoms with van der Waals surface area (Å²) in [6, 6.07) is 16.7. The zero-order valence-electron chi connectivity index (χ0n) is 21.8. The van der Waals surface area contributed by atoms with Crippen LogP contribution < -0.4 is 19.6 Å². The molecule has 38 heavy (non-hydrogen) atoms. The number of halogens is 3. The van der Waals surface area contributed by atoms with Crippen LogP contribution in [0, 0.1) is 0 Å². The zero-order chi connectivity index (χ0) is 27.7. The summed E-state index contributed by atoms with van der Waals surface area (Å²) >= 11 is 16.0. The summed E-state index contributed by atoms with van der Waals surface area (Å²) in [7, 11) is 1.55. The first-order valence-electron chi connectivity index (χ1n) is 12.1. The Balaban J connectivity index is 1.45. The number of carbonyl (C=O) groups is 1. The molecule has 0 aliphatic heterocycles. The van der Waals surface area contributed by atoms with E-state index < -0.39 is 0 Å². The Labute approximate surface area is 242 Å². The predicted octanol–water partition coefficient (Wildman–Crippen LogP) is 7.95. The maximum Gasteiger partial charge on any atom is 0.240 e. The van der Waals surface area contributed by atoms with Crippen molar-refractivity contribution in [3.05, 3.63) is 85.8 Å². The molecule has 0 atom stereocenters. The molecule has 1 N–H and O–H groups in total. The van der Waals surface area contributed by atoms with Crippen molar-refractivity contribution >= 4 is 51.3 Å². The molecule has 9 heteroatoms. The van der Waals surface area contributed by atoms with Crippen LogP contribution in [0.1, 0.15) is 50.3 Å². The first kappa shape index (κ1) is 29.8. The van der Waals surface area contributed by atoms with Gasteiger partial charge >= 0.3 is 0 Å². The van der Waals surface area contributed by atoms with Gasteiger partial charge in [0.15, 0.2) is 11.5 Å². The fraction of sp³-hybridized carbons (Fsp3) is 0.310. The van der Waals surface area contributed by atoms with E-state index in [0.717, 1.165) is 15.8 Å². The van der Waals surface area contributed by atoms with Crippen LogP contribution in [0.3, 0.4) is 0 Å². The average Bonchev–Trinajstić information content (AvgIpc) is 2.87. The monoisotopic (exact) mass is 620 g/mol. The lowest BCUT2D eigenvalue weighted by molar-refractivity contribution is -0.121. The summed E-state index contributed by atoms with van der Waals surface area (Å²) < 4.78 is 18.0. The van der Waals surface area contributed by atoms with Crippen LogP contribution in [-0.4, -0.2) is 25.8 Å². The highest BCUT2D eigenvalue weighted by Gasteiger charge is 2.15. The molecule has 0 saturated heterocycles. The Morgan fingerprint density at radius 1 is 1.00 bits per heavy atom. The van der Waals surface area contributed by atoms with E-state index in [1.54, 1.807) is 49.7 Å². The summed E-state index contributed by atoms with van der Waals surface area (Å²) in [5, 5.41) is 5.11. The number of hydrazone groups is 1. The number of nitrogens with one attached hydrogen (secondary N) is 1. The van der Waals surface area contributed by atoms with E-state index in [9.17, 15) is 4.79 Å². The maximum absolute atomic E-state index is 12.2. The number of hydrogen-bond donors (Lipinski definition) is 1. The molecule has 0 spiro atoms. The zero-order valence-corrected chi connectivity index (χ0v) is 24.9. The Kier molecular flexibility index (Phi) is 10.9. The molecule has 0 heterocycles. The van der Waals surface area contributed by atoms with Crippen LogP contribution in [0.5, 0.6) is 17.2 Å². The minimum Gasteiger partial charge on any atom is -0.493 e. The summed E-state index contributed by atoms with van der Waals surface area (Å²) in [6.07, 6.45) is 2.39. The van der Waals surface area contributed by atoms with E-state index in [1.165, 1.54) is 5.56 Å². The molecule has 3 aromatic rings. The molecule has 0 radical (unpaired) electrons. The molecule has 202 valence electrons. The third-order valence-electron chi connectivity index (χ3n) is 5.63. The van der Waals surface area contributed by atoms with E-state index in [1.807, 2.05) is 6.07 Å². The third kappa shape index (κ3) is 8.65. The van der Waals surface area contributed by atoms with Gasteiger partial charge in [0.25, 0.3) is 0 Å². The molecule has 3 rings (SSSR count). The molecular formula is C29H31BrCl2N2O4. The SMILES string of the molecule is COc1cc(/C=N/NC(=O)CCCOc2ccc(C(C)(C)C)cc2Br)ccc1OCc1c(Cl)cccc1Cl. The highest BCUT2D eigenvalue weighted by atomic mass is 79.9. The number of ether oxygens (including phenoxy) is 3. The Bertz CT molecular complexity index is 1270. The number of methoxy groups -OCH3 is 1. The van der Waals surface area contributed by atoms with Crippen molar-refractivity contribution in [1.82, 2.24) is 5.43 Å². The molecule has 0 aliphatic rings. The smallest absolute Gasteiger partial charge is 0.240 e. The van der Waals surface area contributed by atoms with Gasteiger partial charge in [-0.1, -0.05) is 56.1 Å². The second kappa shape index (κ2) is 13.9. The molecule has 1 amide bonds. The first-order valence-corrected chi connectivity index (χ1v) is 13.6. The third-order valence-corrected chi connectivity index (χ3v) is 6.96. The number of carbonyl (C=O) groups excluding carboxylic acids is 1. The van der Waals surface area contributed by atoms with Gasteiger partial charge in [0, 0.05) is 22.0 Å². The highest BCUT2D eigenvalue weighted by Crippen LogP contribution is 2.32. The van der Waals surface area contributed by atoms with Gasteiger partial charge in [-0.3, -0.25) is 4.79 Å². The van der Waals surface area contributed by atoms with E-state index in [0.29, 0.717) is 40.1 Å². The van der Waals surface area contributed by atoms with Crippen molar-refractivity contribution in [1.29, 1.82) is 0 Å². The van der Waals surface area contributed by atoms with Crippen LogP contribution in [-0.2, 0) is 16.8 Å². The van der Waals surface area contributed by atoms with Crippen molar-refractivity contribution in [3.63, 3.8) is 0 Å². The second-order valence-electron chi connectivity index (χ2n) is 9.54. The first-order chi connectivity index (χ1) is 18.1. The van der Waals surface area contributed by atoms with Gasteiger partial charge in [-0.25, -0.2) is 5.43 Å². The van der Waals surface area contributed by atoms with Crippen molar-refractivity contribution in [3.8, 4) is 17.2 Å². The van der Waals surface area contributed by atoms with Crippen LogP contribution in [0.15, 0.2) is 64.2 Å².